The fraction of sp³-hybridized carbons (Fsp3) is 0. The van der Waals surface area contributed by atoms with Crippen LogP contribution in [0.15, 0.2) is 200 Å². The summed E-state index contributed by atoms with van der Waals surface area (Å²) < 4.78 is 0. The Morgan fingerprint density at radius 1 is 0.264 bits per heavy atom. The summed E-state index contributed by atoms with van der Waals surface area (Å²) in [5.41, 5.74) is 13.7. The summed E-state index contributed by atoms with van der Waals surface area (Å²) >= 11 is 0. The number of nitrogens with zero attached hydrogens (tertiary/aromatic N) is 1. The van der Waals surface area contributed by atoms with Crippen LogP contribution in [0.4, 0.5) is 17.1 Å². The molecule has 246 valence electrons. The average molecular weight is 672 g/mol. The van der Waals surface area contributed by atoms with Gasteiger partial charge in [0.05, 0.1) is 11.4 Å². The zero-order chi connectivity index (χ0) is 34.9. The van der Waals surface area contributed by atoms with E-state index in [4.69, 9.17) is 0 Å². The number of rotatable bonds is 5. The van der Waals surface area contributed by atoms with Gasteiger partial charge in [-0.1, -0.05) is 152 Å². The first kappa shape index (κ1) is 29.7. The molecule has 0 fully saturated rings. The van der Waals surface area contributed by atoms with E-state index >= 15 is 0 Å². The van der Waals surface area contributed by atoms with Crippen LogP contribution in [0.25, 0.3) is 87.6 Å². The second kappa shape index (κ2) is 11.8. The van der Waals surface area contributed by atoms with E-state index in [0.29, 0.717) is 0 Å². The van der Waals surface area contributed by atoms with Crippen molar-refractivity contribution in [3.8, 4) is 44.5 Å². The zero-order valence-corrected chi connectivity index (χ0v) is 29.0. The summed E-state index contributed by atoms with van der Waals surface area (Å²) in [4.78, 5) is 2.50. The molecule has 0 radical (unpaired) electrons. The van der Waals surface area contributed by atoms with E-state index in [0.717, 1.165) is 11.4 Å². The van der Waals surface area contributed by atoms with Crippen LogP contribution in [0.5, 0.6) is 0 Å². The lowest BCUT2D eigenvalue weighted by atomic mass is 9.77. The molecular formula is C52H33N. The molecule has 11 rings (SSSR count). The molecule has 1 nitrogen and oxygen atoms in total. The lowest BCUT2D eigenvalue weighted by Crippen LogP contribution is -2.12. The summed E-state index contributed by atoms with van der Waals surface area (Å²) in [6.07, 6.45) is 0. The Labute approximate surface area is 308 Å². The maximum atomic E-state index is 2.50. The van der Waals surface area contributed by atoms with Crippen LogP contribution in [0.1, 0.15) is 0 Å². The summed E-state index contributed by atoms with van der Waals surface area (Å²) in [6, 6.07) is 73.6. The fourth-order valence-corrected chi connectivity index (χ4v) is 8.50. The van der Waals surface area contributed by atoms with Crippen molar-refractivity contribution in [3.63, 3.8) is 0 Å². The Bertz CT molecular complexity index is 3040. The zero-order valence-electron chi connectivity index (χ0n) is 29.0. The van der Waals surface area contributed by atoms with Crippen LogP contribution in [0, 0.1) is 0 Å². The number of hydrogen-bond donors (Lipinski definition) is 0. The lowest BCUT2D eigenvalue weighted by Gasteiger charge is -2.31. The minimum absolute atomic E-state index is 1.13. The molecule has 0 saturated heterocycles. The van der Waals surface area contributed by atoms with Gasteiger partial charge < -0.3 is 4.90 Å². The Morgan fingerprint density at radius 3 is 1.51 bits per heavy atom. The predicted octanol–water partition coefficient (Wildman–Crippen LogP) is 14.8. The Balaban J connectivity index is 1.12. The standard InChI is InChI=1S/C52H33N/c1-3-12-34(13-4-1)38-22-23-39-30-47-48-31-40-24-26-43(29-42(40)33-50(48)49(47)32-41(39)28-38)53(51-21-11-18-35-16-7-9-19-44(35)51)52-45-20-10-8-17-37(45)25-27-46(52)36-14-5-2-6-15-36/h1-33H. The molecular weight excluding hydrogens is 639 g/mol. The Hall–Kier alpha value is -6.96. The van der Waals surface area contributed by atoms with Gasteiger partial charge in [-0.15, -0.1) is 0 Å². The minimum Gasteiger partial charge on any atom is -0.309 e. The number of anilines is 3. The molecule has 0 N–H and O–H groups in total. The lowest BCUT2D eigenvalue weighted by molar-refractivity contribution is 1.32. The average Bonchev–Trinajstić information content (AvgIpc) is 3.23. The van der Waals surface area contributed by atoms with Crippen molar-refractivity contribution in [3.05, 3.63) is 200 Å². The topological polar surface area (TPSA) is 3.24 Å². The van der Waals surface area contributed by atoms with Gasteiger partial charge in [-0.25, -0.2) is 0 Å². The van der Waals surface area contributed by atoms with Crippen molar-refractivity contribution in [2.75, 3.05) is 4.90 Å². The van der Waals surface area contributed by atoms with E-state index in [1.54, 1.807) is 0 Å². The second-order valence-electron chi connectivity index (χ2n) is 14.1. The van der Waals surface area contributed by atoms with Gasteiger partial charge in [0.25, 0.3) is 0 Å². The maximum absolute atomic E-state index is 2.50. The number of fused-ring (bicyclic) bond motifs is 8. The van der Waals surface area contributed by atoms with E-state index in [9.17, 15) is 0 Å². The molecule has 0 bridgehead atoms. The highest BCUT2D eigenvalue weighted by Gasteiger charge is 2.26. The molecule has 10 aromatic rings. The van der Waals surface area contributed by atoms with Gasteiger partial charge in [0.15, 0.2) is 0 Å². The van der Waals surface area contributed by atoms with Gasteiger partial charge in [0, 0.05) is 22.0 Å². The molecule has 1 aliphatic carbocycles. The molecule has 0 amide bonds. The molecule has 0 spiro atoms. The third-order valence-corrected chi connectivity index (χ3v) is 11.1. The van der Waals surface area contributed by atoms with Crippen molar-refractivity contribution in [1.82, 2.24) is 0 Å². The van der Waals surface area contributed by atoms with Gasteiger partial charge in [0.2, 0.25) is 0 Å². The normalized spacial score (nSPS) is 11.8. The van der Waals surface area contributed by atoms with Gasteiger partial charge >= 0.3 is 0 Å². The van der Waals surface area contributed by atoms with E-state index in [1.165, 1.54) is 93.3 Å². The smallest absolute Gasteiger partial charge is 0.0618 e. The van der Waals surface area contributed by atoms with Gasteiger partial charge in [0.1, 0.15) is 0 Å². The molecule has 53 heavy (non-hydrogen) atoms. The highest BCUT2D eigenvalue weighted by molar-refractivity contribution is 6.14. The van der Waals surface area contributed by atoms with E-state index in [-0.39, 0.29) is 0 Å². The van der Waals surface area contributed by atoms with Crippen LogP contribution in [-0.2, 0) is 0 Å². The molecule has 0 heterocycles. The van der Waals surface area contributed by atoms with E-state index in [2.05, 4.69) is 205 Å². The van der Waals surface area contributed by atoms with Gasteiger partial charge in [-0.2, -0.15) is 0 Å². The first-order chi connectivity index (χ1) is 26.3. The summed E-state index contributed by atoms with van der Waals surface area (Å²) in [6.45, 7) is 0. The summed E-state index contributed by atoms with van der Waals surface area (Å²) in [7, 11) is 0. The SMILES string of the molecule is c1ccc(-c2ccc3cc4c(cc3c2)-c2cc3cc(N(c5cccc6ccccc56)c5c(-c6ccccc6)ccc6ccccc56)ccc3cc2-4)cc1. The highest BCUT2D eigenvalue weighted by Crippen LogP contribution is 2.52. The molecule has 0 aromatic heterocycles. The summed E-state index contributed by atoms with van der Waals surface area (Å²) in [5, 5.41) is 9.90. The molecule has 1 aliphatic rings. The monoisotopic (exact) mass is 671 g/mol. The molecule has 0 unspecified atom stereocenters. The van der Waals surface area contributed by atoms with Crippen LogP contribution < -0.4 is 4.90 Å². The Morgan fingerprint density at radius 2 is 0.792 bits per heavy atom. The highest BCUT2D eigenvalue weighted by atomic mass is 15.1. The predicted molar refractivity (Wildman–Crippen MR) is 226 cm³/mol. The molecule has 1 heteroatoms. The minimum atomic E-state index is 1.13. The van der Waals surface area contributed by atoms with Crippen LogP contribution >= 0.6 is 0 Å². The van der Waals surface area contributed by atoms with Gasteiger partial charge in [-0.3, -0.25) is 0 Å². The maximum Gasteiger partial charge on any atom is 0.0618 e. The Kier molecular flexibility index (Phi) is 6.62. The fourth-order valence-electron chi connectivity index (χ4n) is 8.50. The third-order valence-electron chi connectivity index (χ3n) is 11.1. The number of hydrogen-bond acceptors (Lipinski definition) is 1. The first-order valence-corrected chi connectivity index (χ1v) is 18.3. The molecule has 0 atom stereocenters. The van der Waals surface area contributed by atoms with Gasteiger partial charge in [-0.05, 0) is 120 Å². The molecule has 0 aliphatic heterocycles. The largest absolute Gasteiger partial charge is 0.309 e. The number of benzene rings is 10. The molecule has 0 saturated carbocycles. The first-order valence-electron chi connectivity index (χ1n) is 18.3. The quantitative estimate of drug-likeness (QED) is 0.176. The van der Waals surface area contributed by atoms with Crippen molar-refractivity contribution in [2.24, 2.45) is 0 Å². The van der Waals surface area contributed by atoms with Crippen LogP contribution in [0.3, 0.4) is 0 Å². The van der Waals surface area contributed by atoms with Crippen molar-refractivity contribution in [2.45, 2.75) is 0 Å². The van der Waals surface area contributed by atoms with E-state index in [1.807, 2.05) is 0 Å². The molecule has 10 aromatic carbocycles. The van der Waals surface area contributed by atoms with E-state index < -0.39 is 0 Å². The van der Waals surface area contributed by atoms with Crippen molar-refractivity contribution < 1.29 is 0 Å². The second-order valence-corrected chi connectivity index (χ2v) is 14.1. The van der Waals surface area contributed by atoms with Crippen LogP contribution in [0.2, 0.25) is 0 Å². The third kappa shape index (κ3) is 4.79. The van der Waals surface area contributed by atoms with Crippen molar-refractivity contribution in [1.29, 1.82) is 0 Å². The van der Waals surface area contributed by atoms with Crippen LogP contribution in [-0.4, -0.2) is 0 Å². The van der Waals surface area contributed by atoms with Crippen molar-refractivity contribution >= 4 is 60.2 Å². The summed E-state index contributed by atoms with van der Waals surface area (Å²) in [5.74, 6) is 0.